The van der Waals surface area contributed by atoms with Crippen LogP contribution in [0.2, 0.25) is 0 Å². The first-order valence-electron chi connectivity index (χ1n) is 8.39. The number of fused-ring (bicyclic) bond motifs is 1. The third-order valence-corrected chi connectivity index (χ3v) is 7.09. The second-order valence-corrected chi connectivity index (χ2v) is 9.37. The summed E-state index contributed by atoms with van der Waals surface area (Å²) in [6.45, 7) is 0. The largest absolute Gasteiger partial charge is 0.273 e. The van der Waals surface area contributed by atoms with Gasteiger partial charge in [0.2, 0.25) is 5.91 Å². The molecule has 2 aromatic carbocycles. The van der Waals surface area contributed by atoms with E-state index >= 15 is 0 Å². The van der Waals surface area contributed by atoms with Crippen LogP contribution in [0.25, 0.3) is 11.0 Å². The van der Waals surface area contributed by atoms with Crippen molar-refractivity contribution in [2.24, 2.45) is 0 Å². The first-order chi connectivity index (χ1) is 13.5. The number of nitrogens with one attached hydrogen (secondary N) is 1. The molecule has 0 aliphatic carbocycles. The molecule has 0 saturated heterocycles. The molecule has 4 aromatic rings. The first kappa shape index (κ1) is 18.7. The summed E-state index contributed by atoms with van der Waals surface area (Å²) in [4.78, 5) is 14.1. The fourth-order valence-corrected chi connectivity index (χ4v) is 5.18. The van der Waals surface area contributed by atoms with Crippen LogP contribution in [0.5, 0.6) is 0 Å². The molecular weight excluding hydrogens is 414 g/mol. The van der Waals surface area contributed by atoms with Gasteiger partial charge >= 0.3 is 0 Å². The van der Waals surface area contributed by atoms with Crippen molar-refractivity contribution in [1.29, 1.82) is 0 Å². The van der Waals surface area contributed by atoms with E-state index in [0.29, 0.717) is 17.5 Å². The Morgan fingerprint density at radius 3 is 2.54 bits per heavy atom. The van der Waals surface area contributed by atoms with Crippen LogP contribution in [0.3, 0.4) is 0 Å². The summed E-state index contributed by atoms with van der Waals surface area (Å²) in [7, 11) is -3.95. The zero-order chi connectivity index (χ0) is 19.6. The number of benzene rings is 2. The molecule has 9 heteroatoms. The number of sulfonamides is 1. The molecule has 0 radical (unpaired) electrons. The predicted molar refractivity (Wildman–Crippen MR) is 110 cm³/mol. The molecule has 0 aliphatic rings. The second-order valence-electron chi connectivity index (χ2n) is 6.13. The van der Waals surface area contributed by atoms with E-state index in [1.807, 2.05) is 17.5 Å². The number of amides is 1. The molecule has 1 amide bonds. The highest BCUT2D eigenvalue weighted by atomic mass is 32.2. The maximum Gasteiger partial charge on any atom is 0.264 e. The molecule has 0 bridgehead atoms. The molecule has 1 atom stereocenters. The van der Waals surface area contributed by atoms with Gasteiger partial charge in [0.05, 0.1) is 22.5 Å². The summed E-state index contributed by atoms with van der Waals surface area (Å²) in [5, 5.41) is 1.93. The number of nitrogens with zero attached hydrogens (tertiary/aromatic N) is 2. The van der Waals surface area contributed by atoms with E-state index < -0.39 is 21.8 Å². The highest BCUT2D eigenvalue weighted by molar-refractivity contribution is 7.90. The molecule has 28 heavy (non-hydrogen) atoms. The first-order valence-corrected chi connectivity index (χ1v) is 11.5. The normalized spacial score (nSPS) is 12.7. The van der Waals surface area contributed by atoms with Gasteiger partial charge in [-0.2, -0.15) is 8.75 Å². The summed E-state index contributed by atoms with van der Waals surface area (Å²) in [5.74, 6) is -1.23. The Labute approximate surface area is 170 Å². The van der Waals surface area contributed by atoms with Crippen LogP contribution in [-0.4, -0.2) is 23.1 Å². The van der Waals surface area contributed by atoms with Crippen molar-refractivity contribution in [2.75, 3.05) is 0 Å². The summed E-state index contributed by atoms with van der Waals surface area (Å²) < 4.78 is 35.8. The fraction of sp³-hybridized carbons (Fsp3) is 0.105. The Bertz CT molecular complexity index is 1200. The van der Waals surface area contributed by atoms with Crippen molar-refractivity contribution in [3.8, 4) is 0 Å². The minimum Gasteiger partial charge on any atom is -0.273 e. The molecule has 4 rings (SSSR count). The average Bonchev–Trinajstić information content (AvgIpc) is 3.37. The zero-order valence-electron chi connectivity index (χ0n) is 14.5. The fourth-order valence-electron chi connectivity index (χ4n) is 2.87. The minimum absolute atomic E-state index is 0.0531. The molecule has 0 aliphatic heterocycles. The van der Waals surface area contributed by atoms with Crippen LogP contribution in [-0.2, 0) is 21.2 Å². The van der Waals surface area contributed by atoms with Gasteiger partial charge in [0.1, 0.15) is 11.0 Å². The van der Waals surface area contributed by atoms with Crippen molar-refractivity contribution in [3.05, 3.63) is 76.5 Å². The minimum atomic E-state index is -3.95. The van der Waals surface area contributed by atoms with E-state index in [0.717, 1.165) is 22.1 Å². The van der Waals surface area contributed by atoms with Gasteiger partial charge in [-0.3, -0.25) is 4.79 Å². The molecule has 2 aromatic heterocycles. The van der Waals surface area contributed by atoms with Gasteiger partial charge in [0.25, 0.3) is 10.0 Å². The van der Waals surface area contributed by atoms with Crippen molar-refractivity contribution in [1.82, 2.24) is 13.5 Å². The molecule has 6 nitrogen and oxygen atoms in total. The van der Waals surface area contributed by atoms with Gasteiger partial charge in [0.15, 0.2) is 0 Å². The van der Waals surface area contributed by atoms with Crippen LogP contribution < -0.4 is 4.72 Å². The van der Waals surface area contributed by atoms with Gasteiger partial charge in [0, 0.05) is 4.88 Å². The summed E-state index contributed by atoms with van der Waals surface area (Å²) in [6.07, 6.45) is 0.400. The molecule has 0 fully saturated rings. The topological polar surface area (TPSA) is 89.0 Å². The Morgan fingerprint density at radius 1 is 1.00 bits per heavy atom. The van der Waals surface area contributed by atoms with Crippen molar-refractivity contribution in [3.63, 3.8) is 0 Å². The average molecular weight is 430 g/mol. The quantitative estimate of drug-likeness (QED) is 0.506. The monoisotopic (exact) mass is 429 g/mol. The van der Waals surface area contributed by atoms with Crippen LogP contribution in [0, 0.1) is 0 Å². The molecule has 0 saturated carbocycles. The maximum absolute atomic E-state index is 13.0. The predicted octanol–water partition coefficient (Wildman–Crippen LogP) is 3.58. The van der Waals surface area contributed by atoms with Gasteiger partial charge in [-0.25, -0.2) is 13.1 Å². The SMILES string of the molecule is O=C(NS(=O)(=O)c1ccccc1)C(Cc1cccs1)c1ccc2nsnc2c1. The van der Waals surface area contributed by atoms with Crippen LogP contribution in [0.4, 0.5) is 0 Å². The van der Waals surface area contributed by atoms with E-state index in [2.05, 4.69) is 13.5 Å². The number of rotatable bonds is 6. The zero-order valence-corrected chi connectivity index (χ0v) is 16.9. The highest BCUT2D eigenvalue weighted by Gasteiger charge is 2.27. The number of aromatic nitrogens is 2. The lowest BCUT2D eigenvalue weighted by atomic mass is 9.94. The molecule has 1 unspecified atom stereocenters. The van der Waals surface area contributed by atoms with Gasteiger partial charge in [-0.05, 0) is 47.7 Å². The second kappa shape index (κ2) is 7.78. The lowest BCUT2D eigenvalue weighted by Crippen LogP contribution is -2.35. The lowest BCUT2D eigenvalue weighted by Gasteiger charge is -2.17. The molecule has 142 valence electrons. The summed E-state index contributed by atoms with van der Waals surface area (Å²) >= 11 is 2.63. The molecule has 2 heterocycles. The third kappa shape index (κ3) is 3.96. The molecular formula is C19H15N3O3S3. The Morgan fingerprint density at radius 2 is 1.79 bits per heavy atom. The van der Waals surface area contributed by atoms with Crippen LogP contribution >= 0.6 is 23.1 Å². The van der Waals surface area contributed by atoms with E-state index in [-0.39, 0.29) is 4.90 Å². The smallest absolute Gasteiger partial charge is 0.264 e. The lowest BCUT2D eigenvalue weighted by molar-refractivity contribution is -0.120. The number of hydrogen-bond donors (Lipinski definition) is 1. The summed E-state index contributed by atoms with van der Waals surface area (Å²) in [6, 6.07) is 17.1. The standard InChI is InChI=1S/C19H15N3O3S3/c23-19(22-28(24,25)15-6-2-1-3-7-15)16(12-14-5-4-10-26-14)13-8-9-17-18(11-13)21-27-20-17/h1-11,16H,12H2,(H,22,23). The van der Waals surface area contributed by atoms with E-state index in [1.165, 1.54) is 23.5 Å². The number of carbonyl (C=O) groups excluding carboxylic acids is 1. The van der Waals surface area contributed by atoms with E-state index in [9.17, 15) is 13.2 Å². The van der Waals surface area contributed by atoms with E-state index in [1.54, 1.807) is 36.4 Å². The molecule has 0 spiro atoms. The Balaban J connectivity index is 1.67. The van der Waals surface area contributed by atoms with Gasteiger partial charge < -0.3 is 0 Å². The van der Waals surface area contributed by atoms with Gasteiger partial charge in [-0.1, -0.05) is 30.3 Å². The van der Waals surface area contributed by atoms with Crippen molar-refractivity contribution in [2.45, 2.75) is 17.2 Å². The van der Waals surface area contributed by atoms with Crippen molar-refractivity contribution >= 4 is 50.0 Å². The summed E-state index contributed by atoms with van der Waals surface area (Å²) in [5.41, 5.74) is 2.15. The highest BCUT2D eigenvalue weighted by Crippen LogP contribution is 2.27. The Kier molecular flexibility index (Phi) is 5.21. The van der Waals surface area contributed by atoms with Gasteiger partial charge in [-0.15, -0.1) is 11.3 Å². The maximum atomic E-state index is 13.0. The Hall–Kier alpha value is -2.62. The van der Waals surface area contributed by atoms with Crippen molar-refractivity contribution < 1.29 is 13.2 Å². The van der Waals surface area contributed by atoms with Crippen LogP contribution in [0.1, 0.15) is 16.4 Å². The third-order valence-electron chi connectivity index (χ3n) is 4.27. The van der Waals surface area contributed by atoms with Crippen LogP contribution in [0.15, 0.2) is 70.9 Å². The number of hydrogen-bond acceptors (Lipinski definition) is 7. The number of carbonyl (C=O) groups is 1. The van der Waals surface area contributed by atoms with E-state index in [4.69, 9.17) is 0 Å². The molecule has 1 N–H and O–H groups in total. The number of thiophene rings is 1.